The van der Waals surface area contributed by atoms with Gasteiger partial charge in [0.05, 0.1) is 29.1 Å². The van der Waals surface area contributed by atoms with Gasteiger partial charge >= 0.3 is 0 Å². The summed E-state index contributed by atoms with van der Waals surface area (Å²) in [7, 11) is 0. The van der Waals surface area contributed by atoms with E-state index in [0.29, 0.717) is 29.6 Å². The molecule has 8 heteroatoms. The molecule has 0 radical (unpaired) electrons. The van der Waals surface area contributed by atoms with E-state index in [2.05, 4.69) is 20.1 Å². The number of hydrogen-bond acceptors (Lipinski definition) is 6. The monoisotopic (exact) mass is 391 g/mol. The van der Waals surface area contributed by atoms with Gasteiger partial charge in [-0.1, -0.05) is 41.1 Å². The Bertz CT molecular complexity index is 1110. The highest BCUT2D eigenvalue weighted by atomic mass is 32.1. The first-order valence-corrected chi connectivity index (χ1v) is 9.83. The number of thiophene rings is 1. The van der Waals surface area contributed by atoms with Crippen molar-refractivity contribution in [1.29, 1.82) is 0 Å². The fraction of sp³-hybridized carbons (Fsp3) is 0.200. The Morgan fingerprint density at radius 1 is 1.29 bits per heavy atom. The zero-order chi connectivity index (χ0) is 19.1. The number of hydrogen-bond donors (Lipinski definition) is 1. The van der Waals surface area contributed by atoms with Gasteiger partial charge in [0.25, 0.3) is 5.91 Å². The van der Waals surface area contributed by atoms with Crippen molar-refractivity contribution < 1.29 is 9.32 Å². The van der Waals surface area contributed by atoms with E-state index in [-0.39, 0.29) is 11.9 Å². The number of aryl methyl sites for hydroxylation is 1. The molecule has 1 amide bonds. The van der Waals surface area contributed by atoms with Crippen LogP contribution in [0.4, 0.5) is 0 Å². The molecule has 0 spiro atoms. The molecule has 0 saturated heterocycles. The Morgan fingerprint density at radius 3 is 2.93 bits per heavy atom. The van der Waals surface area contributed by atoms with Gasteiger partial charge in [-0.05, 0) is 18.4 Å². The summed E-state index contributed by atoms with van der Waals surface area (Å²) >= 11 is 1.42. The van der Waals surface area contributed by atoms with E-state index in [9.17, 15) is 4.79 Å². The Hall–Kier alpha value is -3.26. The van der Waals surface area contributed by atoms with Crippen molar-refractivity contribution in [2.24, 2.45) is 0 Å². The van der Waals surface area contributed by atoms with Gasteiger partial charge in [-0.2, -0.15) is 4.98 Å². The summed E-state index contributed by atoms with van der Waals surface area (Å²) < 4.78 is 5.59. The van der Waals surface area contributed by atoms with E-state index in [1.807, 2.05) is 48.7 Å². The van der Waals surface area contributed by atoms with Crippen LogP contribution in [-0.4, -0.2) is 30.9 Å². The van der Waals surface area contributed by atoms with Crippen molar-refractivity contribution >= 4 is 17.2 Å². The second kappa shape index (κ2) is 6.72. The molecule has 0 bridgehead atoms. The normalized spacial score (nSPS) is 16.2. The van der Waals surface area contributed by atoms with Gasteiger partial charge in [-0.25, -0.2) is 4.98 Å². The topological polar surface area (TPSA) is 87.9 Å². The number of aromatic nitrogens is 4. The Kier molecular flexibility index (Phi) is 4.05. The van der Waals surface area contributed by atoms with Crippen LogP contribution in [0.3, 0.4) is 0 Å². The zero-order valence-electron chi connectivity index (χ0n) is 15.1. The van der Waals surface area contributed by atoms with Gasteiger partial charge in [0.2, 0.25) is 11.7 Å². The molecule has 0 fully saturated rings. The molecule has 1 aliphatic rings. The van der Waals surface area contributed by atoms with Crippen molar-refractivity contribution in [3.63, 3.8) is 0 Å². The number of carbonyl (C=O) groups is 1. The second-order valence-electron chi connectivity index (χ2n) is 6.78. The molecule has 1 aliphatic heterocycles. The second-order valence-corrected chi connectivity index (χ2v) is 7.73. The fourth-order valence-electron chi connectivity index (χ4n) is 3.40. The molecule has 3 aromatic heterocycles. The number of imidazole rings is 1. The lowest BCUT2D eigenvalue weighted by atomic mass is 10.0. The minimum Gasteiger partial charge on any atom is -0.347 e. The van der Waals surface area contributed by atoms with E-state index in [0.717, 1.165) is 17.0 Å². The van der Waals surface area contributed by atoms with Gasteiger partial charge < -0.3 is 14.4 Å². The van der Waals surface area contributed by atoms with Crippen LogP contribution in [0.5, 0.6) is 0 Å². The van der Waals surface area contributed by atoms with Crippen molar-refractivity contribution in [3.8, 4) is 11.4 Å². The third-order valence-corrected chi connectivity index (χ3v) is 5.79. The first kappa shape index (κ1) is 16.9. The maximum absolute atomic E-state index is 13.1. The highest BCUT2D eigenvalue weighted by Crippen LogP contribution is 2.33. The number of carbonyl (C=O) groups excluding carboxylic acids is 1. The number of rotatable bonds is 3. The van der Waals surface area contributed by atoms with Gasteiger partial charge in [-0.15, -0.1) is 11.3 Å². The lowest BCUT2D eigenvalue weighted by Gasteiger charge is -2.32. The number of benzene rings is 1. The first-order valence-electron chi connectivity index (χ1n) is 8.95. The van der Waals surface area contributed by atoms with Crippen LogP contribution in [0.1, 0.15) is 38.6 Å². The molecule has 4 aromatic rings. The summed E-state index contributed by atoms with van der Waals surface area (Å²) in [5.74, 6) is 0.899. The summed E-state index contributed by atoms with van der Waals surface area (Å²) in [4.78, 5) is 27.7. The Labute approximate surface area is 165 Å². The first-order chi connectivity index (χ1) is 13.7. The summed E-state index contributed by atoms with van der Waals surface area (Å²) in [6.45, 7) is 2.46. The smallest absolute Gasteiger partial charge is 0.264 e. The number of nitrogens with zero attached hydrogens (tertiary/aromatic N) is 4. The summed E-state index contributed by atoms with van der Waals surface area (Å²) in [6.07, 6.45) is 2.19. The average molecular weight is 391 g/mol. The molecule has 140 valence electrons. The van der Waals surface area contributed by atoms with Gasteiger partial charge in [0.1, 0.15) is 6.04 Å². The van der Waals surface area contributed by atoms with Crippen LogP contribution in [0, 0.1) is 6.92 Å². The molecule has 0 aliphatic carbocycles. The number of amides is 1. The van der Waals surface area contributed by atoms with Crippen LogP contribution in [0.15, 0.2) is 52.6 Å². The van der Waals surface area contributed by atoms with Crippen LogP contribution in [0.25, 0.3) is 11.4 Å². The van der Waals surface area contributed by atoms with Crippen molar-refractivity contribution in [2.75, 3.05) is 0 Å². The van der Waals surface area contributed by atoms with E-state index >= 15 is 0 Å². The molecule has 1 N–H and O–H groups in total. The van der Waals surface area contributed by atoms with Gasteiger partial charge in [-0.3, -0.25) is 4.79 Å². The number of fused-ring (bicyclic) bond motifs is 1. The zero-order valence-corrected chi connectivity index (χ0v) is 15.9. The van der Waals surface area contributed by atoms with Crippen molar-refractivity contribution in [3.05, 3.63) is 75.8 Å². The third kappa shape index (κ3) is 2.91. The molecule has 1 aromatic carbocycles. The molecule has 7 nitrogen and oxygen atoms in total. The van der Waals surface area contributed by atoms with E-state index in [4.69, 9.17) is 4.52 Å². The molecule has 0 saturated carbocycles. The SMILES string of the molecule is Cc1ccc(-c2noc(C3Cc4nc[nH]c4CN3C(=O)c3cccs3)n2)cc1. The van der Waals surface area contributed by atoms with E-state index < -0.39 is 0 Å². The lowest BCUT2D eigenvalue weighted by Crippen LogP contribution is -2.38. The van der Waals surface area contributed by atoms with E-state index in [1.54, 1.807) is 11.2 Å². The number of aromatic amines is 1. The maximum atomic E-state index is 13.1. The molecular formula is C20H17N5O2S. The molecule has 5 rings (SSSR count). The number of nitrogens with one attached hydrogen (secondary N) is 1. The molecular weight excluding hydrogens is 374 g/mol. The van der Waals surface area contributed by atoms with Crippen molar-refractivity contribution in [1.82, 2.24) is 25.0 Å². The minimum atomic E-state index is -0.350. The molecule has 4 heterocycles. The fourth-order valence-corrected chi connectivity index (χ4v) is 4.08. The van der Waals surface area contributed by atoms with Gasteiger partial charge in [0.15, 0.2) is 0 Å². The average Bonchev–Trinajstić information content (AvgIpc) is 3.48. The molecule has 1 atom stereocenters. The minimum absolute atomic E-state index is 0.0460. The van der Waals surface area contributed by atoms with E-state index in [1.165, 1.54) is 16.9 Å². The molecule has 28 heavy (non-hydrogen) atoms. The third-order valence-electron chi connectivity index (χ3n) is 4.93. The standard InChI is InChI=1S/C20H17N5O2S/c1-12-4-6-13(7-5-12)18-23-19(27-24-18)16-9-14-15(22-11-21-14)10-25(16)20(26)17-3-2-8-28-17/h2-8,11,16H,9-10H2,1H3,(H,21,22). The molecule has 1 unspecified atom stereocenters. The van der Waals surface area contributed by atoms with Crippen LogP contribution in [-0.2, 0) is 13.0 Å². The Balaban J connectivity index is 1.51. The van der Waals surface area contributed by atoms with Crippen molar-refractivity contribution in [2.45, 2.75) is 25.9 Å². The van der Waals surface area contributed by atoms with Crippen LogP contribution >= 0.6 is 11.3 Å². The quantitative estimate of drug-likeness (QED) is 0.574. The lowest BCUT2D eigenvalue weighted by molar-refractivity contribution is 0.0595. The summed E-state index contributed by atoms with van der Waals surface area (Å²) in [5, 5.41) is 6.04. The van der Waals surface area contributed by atoms with Crippen LogP contribution < -0.4 is 0 Å². The summed E-state index contributed by atoms with van der Waals surface area (Å²) in [6, 6.07) is 11.3. The number of H-pyrrole nitrogens is 1. The highest BCUT2D eigenvalue weighted by molar-refractivity contribution is 7.12. The van der Waals surface area contributed by atoms with Crippen LogP contribution in [0.2, 0.25) is 0 Å². The maximum Gasteiger partial charge on any atom is 0.264 e. The largest absolute Gasteiger partial charge is 0.347 e. The summed E-state index contributed by atoms with van der Waals surface area (Å²) in [5.41, 5.74) is 3.92. The predicted molar refractivity (Wildman–Crippen MR) is 104 cm³/mol. The van der Waals surface area contributed by atoms with Gasteiger partial charge in [0, 0.05) is 12.0 Å². The Morgan fingerprint density at radius 2 is 2.14 bits per heavy atom. The predicted octanol–water partition coefficient (Wildman–Crippen LogP) is 3.77. The highest BCUT2D eigenvalue weighted by Gasteiger charge is 2.36.